The Morgan fingerprint density at radius 2 is 1.64 bits per heavy atom. The second-order valence-corrected chi connectivity index (χ2v) is 21.5. The Kier molecular flexibility index (Phi) is 11.3. The number of carbonyl (C=O) groups excluding carboxylic acids is 1. The number of fused-ring (bicyclic) bond motifs is 4. The summed E-state index contributed by atoms with van der Waals surface area (Å²) in [7, 11) is -7.83. The topological polar surface area (TPSA) is 158 Å². The molecule has 2 aromatic carbocycles. The lowest BCUT2D eigenvalue weighted by atomic mass is 9.93. The first-order valence-electron chi connectivity index (χ1n) is 19.6. The van der Waals surface area contributed by atoms with Crippen molar-refractivity contribution < 1.29 is 56.8 Å². The van der Waals surface area contributed by atoms with Crippen molar-refractivity contribution in [1.29, 1.82) is 0 Å². The summed E-state index contributed by atoms with van der Waals surface area (Å²) in [5.41, 5.74) is -2.62. The van der Waals surface area contributed by atoms with Crippen molar-refractivity contribution in [2.75, 3.05) is 11.0 Å². The molecule has 64 heavy (non-hydrogen) atoms. The van der Waals surface area contributed by atoms with Crippen molar-refractivity contribution in [1.82, 2.24) is 29.9 Å². The number of nitrogens with one attached hydrogen (secondary N) is 2. The molecule has 2 fully saturated rings. The number of rotatable bonds is 14. The number of sulfonamides is 1. The van der Waals surface area contributed by atoms with Gasteiger partial charge in [0.05, 0.1) is 39.2 Å². The Hall–Kier alpha value is -5.27. The molecular formula is C41H36ClF8N7O5S2. The lowest BCUT2D eigenvalue weighted by Crippen LogP contribution is -2.35. The number of hydrogen-bond acceptors (Lipinski definition) is 8. The van der Waals surface area contributed by atoms with Crippen LogP contribution in [0.1, 0.15) is 85.4 Å². The zero-order chi connectivity index (χ0) is 46.4. The van der Waals surface area contributed by atoms with Crippen molar-refractivity contribution in [2.45, 2.75) is 93.4 Å². The summed E-state index contributed by atoms with van der Waals surface area (Å²) in [5.74, 6) is -3.82. The number of benzene rings is 2. The predicted octanol–water partition coefficient (Wildman–Crippen LogP) is 7.82. The number of halogens is 9. The highest BCUT2D eigenvalue weighted by Gasteiger charge is 2.67. The molecule has 0 bridgehead atoms. The number of sulfone groups is 1. The molecule has 2 saturated carbocycles. The summed E-state index contributed by atoms with van der Waals surface area (Å²) in [5, 5.41) is 9.53. The highest BCUT2D eigenvalue weighted by Crippen LogP contribution is 2.68. The number of hydrogen-bond donors (Lipinski definition) is 2. The summed E-state index contributed by atoms with van der Waals surface area (Å²) >= 11 is 6.56. The lowest BCUT2D eigenvalue weighted by Gasteiger charge is -2.23. The van der Waals surface area contributed by atoms with Crippen molar-refractivity contribution in [2.24, 2.45) is 5.92 Å². The monoisotopic (exact) mass is 957 g/mol. The van der Waals surface area contributed by atoms with E-state index in [1.807, 2.05) is 0 Å². The van der Waals surface area contributed by atoms with Gasteiger partial charge in [0.25, 0.3) is 18.8 Å². The molecule has 3 aliphatic rings. The van der Waals surface area contributed by atoms with E-state index < -0.39 is 121 Å². The van der Waals surface area contributed by atoms with E-state index in [2.05, 4.69) is 37.1 Å². The van der Waals surface area contributed by atoms with E-state index in [9.17, 15) is 48.0 Å². The smallest absolute Gasteiger partial charge is 0.293 e. The van der Waals surface area contributed by atoms with Gasteiger partial charge in [-0.2, -0.15) is 19.0 Å². The van der Waals surface area contributed by atoms with Crippen LogP contribution in [0.25, 0.3) is 22.0 Å². The Morgan fingerprint density at radius 3 is 2.27 bits per heavy atom. The highest BCUT2D eigenvalue weighted by atomic mass is 35.5. The second kappa shape index (κ2) is 16.0. The van der Waals surface area contributed by atoms with Crippen LogP contribution < -0.4 is 10.0 Å². The van der Waals surface area contributed by atoms with E-state index in [4.69, 9.17) is 11.6 Å². The predicted molar refractivity (Wildman–Crippen MR) is 218 cm³/mol. The Morgan fingerprint density at radius 1 is 0.969 bits per heavy atom. The number of aromatic nitrogens is 5. The van der Waals surface area contributed by atoms with Gasteiger partial charge in [0, 0.05) is 28.7 Å². The van der Waals surface area contributed by atoms with Crippen molar-refractivity contribution in [3.63, 3.8) is 0 Å². The third-order valence-electron chi connectivity index (χ3n) is 11.3. The first-order valence-corrected chi connectivity index (χ1v) is 23.4. The normalized spacial score (nSPS) is 18.5. The minimum absolute atomic E-state index is 0.00256. The van der Waals surface area contributed by atoms with Crippen LogP contribution in [0, 0.1) is 29.4 Å². The average molecular weight is 958 g/mol. The first-order chi connectivity index (χ1) is 29.9. The van der Waals surface area contributed by atoms with Gasteiger partial charge in [0.15, 0.2) is 15.7 Å². The summed E-state index contributed by atoms with van der Waals surface area (Å²) in [6, 6.07) is 6.25. The van der Waals surface area contributed by atoms with Gasteiger partial charge in [0.1, 0.15) is 46.6 Å². The van der Waals surface area contributed by atoms with Crippen LogP contribution in [0.15, 0.2) is 42.5 Å². The molecule has 0 spiro atoms. The van der Waals surface area contributed by atoms with Crippen LogP contribution in [0.5, 0.6) is 0 Å². The van der Waals surface area contributed by atoms with Crippen molar-refractivity contribution in [3.05, 3.63) is 93.0 Å². The van der Waals surface area contributed by atoms with Crippen molar-refractivity contribution >= 4 is 54.1 Å². The van der Waals surface area contributed by atoms with Gasteiger partial charge in [-0.25, -0.2) is 48.2 Å². The molecule has 1 amide bonds. The molecule has 12 nitrogen and oxygen atoms in total. The van der Waals surface area contributed by atoms with E-state index in [0.29, 0.717) is 23.6 Å². The van der Waals surface area contributed by atoms with E-state index in [1.165, 1.54) is 38.1 Å². The van der Waals surface area contributed by atoms with Gasteiger partial charge < -0.3 is 5.32 Å². The molecule has 340 valence electrons. The van der Waals surface area contributed by atoms with Crippen LogP contribution in [0.2, 0.25) is 5.02 Å². The molecular weight excluding hydrogens is 922 g/mol. The maximum atomic E-state index is 15.5. The van der Waals surface area contributed by atoms with Crippen LogP contribution in [-0.2, 0) is 50.1 Å². The standard InChI is InChI=1S/C41H36ClF8N7O5S2/c1-40(2,64(61,62)23-5-6-23)11-10-22-4-7-24(25-8-9-28(42)33-36(25)56(17-30(45)46)54-39(33)55-63(3,59)60)34(51-22)29(14-19-12-20(43)15-21(44)13-19)52-31(58)18-57-37-32(35(53-57)38(47)48)26-16-27(26)41(37,49)50/h4,7-9,12-13,15,23,26-27,29-30,38H,5-6,14,16-18H2,1-3H3,(H,52,58)(H,54,55)/t26-,27+,29?/m0/s1. The zero-order valence-electron chi connectivity index (χ0n) is 33.7. The molecule has 3 atom stereocenters. The largest absolute Gasteiger partial charge is 0.346 e. The van der Waals surface area contributed by atoms with Gasteiger partial charge >= 0.3 is 0 Å². The number of amides is 1. The van der Waals surface area contributed by atoms with E-state index in [-0.39, 0.29) is 56.0 Å². The minimum Gasteiger partial charge on any atom is -0.346 e. The maximum absolute atomic E-state index is 15.5. The zero-order valence-corrected chi connectivity index (χ0v) is 36.1. The van der Waals surface area contributed by atoms with E-state index in [0.717, 1.165) is 23.1 Å². The van der Waals surface area contributed by atoms with E-state index >= 15 is 8.78 Å². The highest BCUT2D eigenvalue weighted by molar-refractivity contribution is 7.93. The van der Waals surface area contributed by atoms with Gasteiger partial charge in [-0.3, -0.25) is 18.9 Å². The van der Waals surface area contributed by atoms with Crippen LogP contribution in [-0.4, -0.2) is 70.0 Å². The number of carbonyl (C=O) groups is 1. The van der Waals surface area contributed by atoms with E-state index in [1.54, 1.807) is 0 Å². The quantitative estimate of drug-likeness (QED) is 0.0843. The number of alkyl halides is 6. The van der Waals surface area contributed by atoms with Crippen LogP contribution in [0.3, 0.4) is 0 Å². The molecule has 1 unspecified atom stereocenters. The minimum atomic E-state index is -4.08. The Bertz CT molecular complexity index is 3020. The average Bonchev–Trinajstić information content (AvgIpc) is 4.10. The summed E-state index contributed by atoms with van der Waals surface area (Å²) in [6.45, 7) is 0.683. The molecule has 0 aliphatic heterocycles. The first kappa shape index (κ1) is 45.3. The SMILES string of the molecule is CC(C)(C#Cc1ccc(-c2ccc(Cl)c3c(NS(C)(=O)=O)nn(CC(F)F)c23)c(C(Cc2cc(F)cc(F)c2)NC(=O)Cn2nc(C(F)F)c3c2C(F)(F)[C@@H]2C[C@H]32)n1)S(=O)(=O)C1CC1. The number of nitrogens with zero attached hydrogens (tertiary/aromatic N) is 5. The molecule has 5 aromatic rings. The summed E-state index contributed by atoms with van der Waals surface area (Å²) in [4.78, 5) is 18.8. The maximum Gasteiger partial charge on any atom is 0.293 e. The molecule has 0 radical (unpaired) electrons. The van der Waals surface area contributed by atoms with Crippen LogP contribution >= 0.6 is 11.6 Å². The number of anilines is 1. The molecule has 0 saturated heterocycles. The molecule has 23 heteroatoms. The fourth-order valence-corrected chi connectivity index (χ4v) is 10.8. The molecule has 3 aliphatic carbocycles. The van der Waals surface area contributed by atoms with Gasteiger partial charge in [-0.1, -0.05) is 23.6 Å². The number of pyridine rings is 1. The summed E-state index contributed by atoms with van der Waals surface area (Å²) in [6.07, 6.45) is -5.14. The Labute approximate surface area is 365 Å². The summed E-state index contributed by atoms with van der Waals surface area (Å²) < 4.78 is 170. The molecule has 2 N–H and O–H groups in total. The third kappa shape index (κ3) is 8.53. The molecule has 3 heterocycles. The third-order valence-corrected chi connectivity index (χ3v) is 15.1. The fraction of sp³-hybridized carbons (Fsp3) is 0.415. The second-order valence-electron chi connectivity index (χ2n) is 16.5. The fourth-order valence-electron chi connectivity index (χ4n) is 8.26. The Balaban J connectivity index is 1.31. The lowest BCUT2D eigenvalue weighted by molar-refractivity contribution is -0.123. The van der Waals surface area contributed by atoms with Crippen molar-refractivity contribution in [3.8, 4) is 23.0 Å². The van der Waals surface area contributed by atoms with Crippen LogP contribution in [0.4, 0.5) is 40.9 Å². The molecule has 8 rings (SSSR count). The van der Waals surface area contributed by atoms with Gasteiger partial charge in [-0.05, 0) is 87.3 Å². The van der Waals surface area contributed by atoms with Gasteiger partial charge in [0.2, 0.25) is 15.9 Å². The molecule has 3 aromatic heterocycles. The van der Waals surface area contributed by atoms with Gasteiger partial charge in [-0.15, -0.1) is 0 Å².